The molecule has 0 aromatic heterocycles. The summed E-state index contributed by atoms with van der Waals surface area (Å²) < 4.78 is 20.0. The van der Waals surface area contributed by atoms with Crippen LogP contribution in [0.4, 0.5) is 4.79 Å². The second-order valence-corrected chi connectivity index (χ2v) is 8.12. The number of hydrogen-bond donors (Lipinski definition) is 0. The second kappa shape index (κ2) is 7.67. The molecular weight excluding hydrogens is 299 g/mol. The molecule has 0 aromatic rings. The molecule has 7 heteroatoms. The number of carbonyl (C=O) groups excluding carboxylic acids is 1. The molecule has 118 valence electrons. The van der Waals surface area contributed by atoms with Crippen molar-refractivity contribution < 1.29 is 13.9 Å². The van der Waals surface area contributed by atoms with Crippen LogP contribution in [0.15, 0.2) is 0 Å². The first-order valence-electron chi connectivity index (χ1n) is 7.25. The Morgan fingerprint density at radius 1 is 1.40 bits per heavy atom. The highest BCUT2D eigenvalue weighted by Gasteiger charge is 2.55. The molecule has 0 aliphatic carbocycles. The minimum Gasteiger partial charge on any atom is -0.313 e. The lowest BCUT2D eigenvalue weighted by molar-refractivity contribution is 0.190. The van der Waals surface area contributed by atoms with E-state index < -0.39 is 7.52 Å². The van der Waals surface area contributed by atoms with Crippen LogP contribution < -0.4 is 0 Å². The van der Waals surface area contributed by atoms with Crippen LogP contribution in [-0.2, 0) is 9.09 Å². The quantitative estimate of drug-likeness (QED) is 0.501. The van der Waals surface area contributed by atoms with Crippen molar-refractivity contribution in [2.24, 2.45) is 5.92 Å². The van der Waals surface area contributed by atoms with Crippen molar-refractivity contribution in [2.75, 3.05) is 26.6 Å². The van der Waals surface area contributed by atoms with Crippen molar-refractivity contribution in [3.63, 3.8) is 0 Å². The van der Waals surface area contributed by atoms with Crippen molar-refractivity contribution in [3.05, 3.63) is 0 Å². The van der Waals surface area contributed by atoms with Crippen molar-refractivity contribution in [1.29, 1.82) is 0 Å². The fourth-order valence-corrected chi connectivity index (χ4v) is 5.83. The van der Waals surface area contributed by atoms with Gasteiger partial charge in [-0.15, -0.1) is 11.6 Å². The SMILES string of the molecule is CCCCC(CC)C1N(C)C(=O)N(C)P1(=O)OCCCl. The topological polar surface area (TPSA) is 49.9 Å². The summed E-state index contributed by atoms with van der Waals surface area (Å²) in [5, 5.41) is 0. The Labute approximate surface area is 127 Å². The summed E-state index contributed by atoms with van der Waals surface area (Å²) >= 11 is 5.64. The molecule has 1 aliphatic rings. The van der Waals surface area contributed by atoms with Crippen molar-refractivity contribution in [1.82, 2.24) is 9.57 Å². The molecule has 0 saturated carbocycles. The van der Waals surface area contributed by atoms with Gasteiger partial charge in [-0.1, -0.05) is 33.1 Å². The van der Waals surface area contributed by atoms with E-state index in [9.17, 15) is 9.36 Å². The number of unbranched alkanes of at least 4 members (excludes halogenated alkanes) is 1. The van der Waals surface area contributed by atoms with Gasteiger partial charge in [-0.05, 0) is 12.3 Å². The van der Waals surface area contributed by atoms with E-state index in [1.54, 1.807) is 19.0 Å². The molecule has 1 heterocycles. The van der Waals surface area contributed by atoms with Crippen LogP contribution in [0.2, 0.25) is 0 Å². The fourth-order valence-electron chi connectivity index (χ4n) is 2.80. The Balaban J connectivity index is 3.03. The Kier molecular flexibility index (Phi) is 6.83. The maximum Gasteiger partial charge on any atom is 0.327 e. The first-order chi connectivity index (χ1) is 9.43. The highest BCUT2D eigenvalue weighted by atomic mass is 35.5. The van der Waals surface area contributed by atoms with E-state index in [1.165, 1.54) is 4.67 Å². The van der Waals surface area contributed by atoms with Crippen LogP contribution in [0.1, 0.15) is 39.5 Å². The molecule has 5 nitrogen and oxygen atoms in total. The number of urea groups is 1. The van der Waals surface area contributed by atoms with Gasteiger partial charge >= 0.3 is 13.6 Å². The highest BCUT2D eigenvalue weighted by Crippen LogP contribution is 2.63. The van der Waals surface area contributed by atoms with Gasteiger partial charge in [0, 0.05) is 20.0 Å². The number of halogens is 1. The third kappa shape index (κ3) is 3.32. The molecule has 2 amide bonds. The van der Waals surface area contributed by atoms with E-state index in [-0.39, 0.29) is 30.2 Å². The molecule has 0 radical (unpaired) electrons. The summed E-state index contributed by atoms with van der Waals surface area (Å²) in [6.45, 7) is 4.40. The fraction of sp³-hybridized carbons (Fsp3) is 0.923. The zero-order valence-electron chi connectivity index (χ0n) is 12.8. The smallest absolute Gasteiger partial charge is 0.313 e. The van der Waals surface area contributed by atoms with E-state index in [0.29, 0.717) is 0 Å². The summed E-state index contributed by atoms with van der Waals surface area (Å²) in [7, 11) is 0.0785. The summed E-state index contributed by atoms with van der Waals surface area (Å²) in [6.07, 6.45) is 3.99. The molecule has 1 fully saturated rings. The standard InChI is InChI=1S/C13H26ClN2O3P/c1-5-7-8-11(6-2)12-15(3)13(17)16(4)20(12,18)19-10-9-14/h11-12H,5-10H2,1-4H3. The van der Waals surface area contributed by atoms with Crippen LogP contribution in [0.25, 0.3) is 0 Å². The molecular formula is C13H26ClN2O3P. The molecule has 3 unspecified atom stereocenters. The molecule has 20 heavy (non-hydrogen) atoms. The van der Waals surface area contributed by atoms with Gasteiger partial charge in [-0.2, -0.15) is 0 Å². The molecule has 0 spiro atoms. The van der Waals surface area contributed by atoms with E-state index in [1.807, 2.05) is 0 Å². The normalized spacial score (nSPS) is 28.2. The zero-order chi connectivity index (χ0) is 15.3. The molecule has 0 N–H and O–H groups in total. The maximum atomic E-state index is 13.2. The highest BCUT2D eigenvalue weighted by molar-refractivity contribution is 7.58. The minimum atomic E-state index is -3.19. The molecule has 3 atom stereocenters. The Hall–Kier alpha value is -0.250. The predicted molar refractivity (Wildman–Crippen MR) is 82.3 cm³/mol. The van der Waals surface area contributed by atoms with Crippen LogP contribution in [0, 0.1) is 5.92 Å². The summed E-state index contributed by atoms with van der Waals surface area (Å²) in [5.41, 5.74) is 0. The maximum absolute atomic E-state index is 13.2. The lowest BCUT2D eigenvalue weighted by Crippen LogP contribution is -2.35. The van der Waals surface area contributed by atoms with Gasteiger partial charge in [0.2, 0.25) is 0 Å². The van der Waals surface area contributed by atoms with Gasteiger partial charge in [-0.3, -0.25) is 9.24 Å². The van der Waals surface area contributed by atoms with E-state index in [2.05, 4.69) is 13.8 Å². The predicted octanol–water partition coefficient (Wildman–Crippen LogP) is 3.97. The molecule has 1 saturated heterocycles. The van der Waals surface area contributed by atoms with Gasteiger partial charge in [0.15, 0.2) is 0 Å². The first-order valence-corrected chi connectivity index (χ1v) is 9.43. The zero-order valence-corrected chi connectivity index (χ0v) is 14.5. The lowest BCUT2D eigenvalue weighted by atomic mass is 9.98. The van der Waals surface area contributed by atoms with Crippen molar-refractivity contribution in [3.8, 4) is 0 Å². The molecule has 0 bridgehead atoms. The average molecular weight is 325 g/mol. The summed E-state index contributed by atoms with van der Waals surface area (Å²) in [4.78, 5) is 13.7. The van der Waals surface area contributed by atoms with Gasteiger partial charge in [0.05, 0.1) is 6.61 Å². The number of hydrogen-bond acceptors (Lipinski definition) is 3. The van der Waals surface area contributed by atoms with Crippen molar-refractivity contribution in [2.45, 2.75) is 45.3 Å². The van der Waals surface area contributed by atoms with Gasteiger partial charge in [-0.25, -0.2) is 4.79 Å². The second-order valence-electron chi connectivity index (χ2n) is 5.23. The van der Waals surface area contributed by atoms with Crippen LogP contribution in [0.5, 0.6) is 0 Å². The Morgan fingerprint density at radius 3 is 2.55 bits per heavy atom. The van der Waals surface area contributed by atoms with E-state index >= 15 is 0 Å². The van der Waals surface area contributed by atoms with E-state index in [4.69, 9.17) is 16.1 Å². The number of rotatable bonds is 8. The monoisotopic (exact) mass is 324 g/mol. The van der Waals surface area contributed by atoms with Gasteiger partial charge in [0.25, 0.3) is 0 Å². The number of carbonyl (C=O) groups is 1. The summed E-state index contributed by atoms with van der Waals surface area (Å²) in [6, 6.07) is -0.233. The molecule has 1 aliphatic heterocycles. The number of amides is 2. The van der Waals surface area contributed by atoms with Crippen LogP contribution >= 0.6 is 19.1 Å². The first kappa shape index (κ1) is 17.8. The third-order valence-electron chi connectivity index (χ3n) is 3.96. The van der Waals surface area contributed by atoms with Gasteiger partial charge in [0.1, 0.15) is 5.78 Å². The average Bonchev–Trinajstić information content (AvgIpc) is 2.61. The van der Waals surface area contributed by atoms with E-state index in [0.717, 1.165) is 25.7 Å². The number of alkyl halides is 1. The largest absolute Gasteiger partial charge is 0.327 e. The Bertz CT molecular complexity index is 381. The van der Waals surface area contributed by atoms with Crippen LogP contribution in [0.3, 0.4) is 0 Å². The molecule has 1 rings (SSSR count). The van der Waals surface area contributed by atoms with Crippen molar-refractivity contribution >= 4 is 25.2 Å². The Morgan fingerprint density at radius 2 is 2.05 bits per heavy atom. The molecule has 0 aromatic carbocycles. The lowest BCUT2D eigenvalue weighted by Gasteiger charge is -2.31. The summed E-state index contributed by atoms with van der Waals surface area (Å²) in [5.74, 6) is 0.101. The number of nitrogens with zero attached hydrogens (tertiary/aromatic N) is 2. The minimum absolute atomic E-state index is 0.190. The van der Waals surface area contributed by atoms with Gasteiger partial charge < -0.3 is 9.42 Å². The third-order valence-corrected chi connectivity index (χ3v) is 7.11. The van der Waals surface area contributed by atoms with Crippen LogP contribution in [-0.4, -0.2) is 48.0 Å².